The Bertz CT molecular complexity index is 1080. The van der Waals surface area contributed by atoms with Gasteiger partial charge >= 0.3 is 0 Å². The third-order valence-electron chi connectivity index (χ3n) is 8.61. The van der Waals surface area contributed by atoms with Gasteiger partial charge in [-0.15, -0.1) is 0 Å². The summed E-state index contributed by atoms with van der Waals surface area (Å²) in [6.45, 7) is 2.06. The number of aliphatic hydroxyl groups excluding tert-OH is 1. The Morgan fingerprint density at radius 3 is 2.47 bits per heavy atom. The molecule has 4 aliphatic rings. The first-order valence-electron chi connectivity index (χ1n) is 12.7. The van der Waals surface area contributed by atoms with Crippen molar-refractivity contribution in [1.82, 2.24) is 9.97 Å². The third kappa shape index (κ3) is 4.03. The average molecular weight is 501 g/mol. The Kier molecular flexibility index (Phi) is 5.85. The zero-order chi connectivity index (χ0) is 23.3. The summed E-state index contributed by atoms with van der Waals surface area (Å²) < 4.78 is 12.9. The second kappa shape index (κ2) is 8.75. The van der Waals surface area contributed by atoms with E-state index in [0.717, 1.165) is 66.8 Å². The SMILES string of the molecule is O=[S@@]1CCCc2nc(N3CC4(CCC(c5ccc(Cl)cc5)CC4)C3)nc(NC3(CO)CCC3)c21. The highest BCUT2D eigenvalue weighted by Gasteiger charge is 2.47. The van der Waals surface area contributed by atoms with Crippen molar-refractivity contribution in [3.8, 4) is 0 Å². The van der Waals surface area contributed by atoms with Gasteiger partial charge in [0.15, 0.2) is 0 Å². The van der Waals surface area contributed by atoms with E-state index in [-0.39, 0.29) is 12.1 Å². The summed E-state index contributed by atoms with van der Waals surface area (Å²) in [4.78, 5) is 12.9. The first-order valence-corrected chi connectivity index (χ1v) is 14.4. The molecule has 2 aliphatic heterocycles. The lowest BCUT2D eigenvalue weighted by atomic mass is 9.65. The third-order valence-corrected chi connectivity index (χ3v) is 10.4. The van der Waals surface area contributed by atoms with Crippen LogP contribution in [0.3, 0.4) is 0 Å². The number of benzene rings is 1. The number of aromatic nitrogens is 2. The molecule has 6 nitrogen and oxygen atoms in total. The van der Waals surface area contributed by atoms with Gasteiger partial charge < -0.3 is 15.3 Å². The van der Waals surface area contributed by atoms with Gasteiger partial charge in [0.1, 0.15) is 10.7 Å². The van der Waals surface area contributed by atoms with Crippen LogP contribution in [0.1, 0.15) is 68.5 Å². The number of aryl methyl sites for hydroxylation is 1. The van der Waals surface area contributed by atoms with Gasteiger partial charge in [0.05, 0.1) is 28.6 Å². The maximum absolute atomic E-state index is 12.9. The number of hydrogen-bond acceptors (Lipinski definition) is 6. The van der Waals surface area contributed by atoms with E-state index in [0.29, 0.717) is 22.9 Å². The van der Waals surface area contributed by atoms with Crippen LogP contribution in [0.2, 0.25) is 5.02 Å². The van der Waals surface area contributed by atoms with Crippen molar-refractivity contribution in [2.45, 2.75) is 74.1 Å². The largest absolute Gasteiger partial charge is 0.394 e. The monoisotopic (exact) mass is 500 g/mol. The molecule has 0 amide bonds. The fraction of sp³-hybridized carbons (Fsp3) is 0.615. The lowest BCUT2D eigenvalue weighted by Gasteiger charge is -2.53. The van der Waals surface area contributed by atoms with Crippen LogP contribution in [0.5, 0.6) is 0 Å². The van der Waals surface area contributed by atoms with Crippen molar-refractivity contribution in [3.05, 3.63) is 40.5 Å². The predicted molar refractivity (Wildman–Crippen MR) is 136 cm³/mol. The molecule has 1 saturated heterocycles. The van der Waals surface area contributed by atoms with Crippen molar-refractivity contribution in [2.24, 2.45) is 5.41 Å². The van der Waals surface area contributed by atoms with E-state index in [1.807, 2.05) is 12.1 Å². The molecule has 3 fully saturated rings. The molecule has 2 aliphatic carbocycles. The van der Waals surface area contributed by atoms with Crippen LogP contribution in [0.15, 0.2) is 29.2 Å². The molecule has 2 aromatic rings. The van der Waals surface area contributed by atoms with Crippen LogP contribution in [-0.4, -0.2) is 50.3 Å². The molecule has 34 heavy (non-hydrogen) atoms. The second-order valence-corrected chi connectivity index (χ2v) is 12.8. The van der Waals surface area contributed by atoms with Crippen molar-refractivity contribution in [1.29, 1.82) is 0 Å². The van der Waals surface area contributed by atoms with Gasteiger partial charge in [0.25, 0.3) is 0 Å². The minimum absolute atomic E-state index is 0.0787. The Hall–Kier alpha value is -1.70. The van der Waals surface area contributed by atoms with Gasteiger partial charge in [0, 0.05) is 29.3 Å². The summed E-state index contributed by atoms with van der Waals surface area (Å²) in [6.07, 6.45) is 9.57. The highest BCUT2D eigenvalue weighted by Crippen LogP contribution is 2.49. The van der Waals surface area contributed by atoms with E-state index in [9.17, 15) is 9.32 Å². The lowest BCUT2D eigenvalue weighted by molar-refractivity contribution is 0.126. The Labute approximate surface area is 209 Å². The quantitative estimate of drug-likeness (QED) is 0.621. The summed E-state index contributed by atoms with van der Waals surface area (Å²) in [7, 11) is -1.08. The van der Waals surface area contributed by atoms with E-state index in [4.69, 9.17) is 21.6 Å². The van der Waals surface area contributed by atoms with E-state index in [1.165, 1.54) is 31.2 Å². The van der Waals surface area contributed by atoms with Crippen LogP contribution in [-0.2, 0) is 17.2 Å². The van der Waals surface area contributed by atoms with Gasteiger partial charge in [-0.05, 0) is 81.4 Å². The number of aliphatic hydroxyl groups is 1. The molecule has 3 heterocycles. The molecule has 8 heteroatoms. The molecule has 1 aromatic carbocycles. The molecule has 6 rings (SSSR count). The van der Waals surface area contributed by atoms with Gasteiger partial charge in [-0.25, -0.2) is 4.98 Å². The fourth-order valence-electron chi connectivity index (χ4n) is 6.29. The molecule has 0 unspecified atom stereocenters. The number of nitrogens with one attached hydrogen (secondary N) is 1. The number of hydrogen-bond donors (Lipinski definition) is 2. The molecule has 2 N–H and O–H groups in total. The van der Waals surface area contributed by atoms with Crippen LogP contribution in [0, 0.1) is 5.41 Å². The molecule has 1 aromatic heterocycles. The number of fused-ring (bicyclic) bond motifs is 1. The average Bonchev–Trinajstić information content (AvgIpc) is 2.80. The van der Waals surface area contributed by atoms with Crippen LogP contribution in [0.4, 0.5) is 11.8 Å². The molecular formula is C26H33ClN4O2S. The first-order chi connectivity index (χ1) is 16.5. The minimum Gasteiger partial charge on any atom is -0.394 e. The number of rotatable bonds is 5. The highest BCUT2D eigenvalue weighted by molar-refractivity contribution is 7.85. The van der Waals surface area contributed by atoms with E-state index < -0.39 is 10.8 Å². The summed E-state index contributed by atoms with van der Waals surface area (Å²) in [5.74, 6) is 2.75. The second-order valence-electron chi connectivity index (χ2n) is 10.9. The topological polar surface area (TPSA) is 78.4 Å². The smallest absolute Gasteiger partial charge is 0.227 e. The first kappa shape index (κ1) is 22.7. The fourth-order valence-corrected chi connectivity index (χ4v) is 7.75. The van der Waals surface area contributed by atoms with Crippen LogP contribution in [0.25, 0.3) is 0 Å². The van der Waals surface area contributed by atoms with Crippen LogP contribution >= 0.6 is 11.6 Å². The van der Waals surface area contributed by atoms with E-state index >= 15 is 0 Å². The molecule has 0 radical (unpaired) electrons. The number of halogens is 1. The van der Waals surface area contributed by atoms with Gasteiger partial charge in [-0.3, -0.25) is 4.21 Å². The summed E-state index contributed by atoms with van der Waals surface area (Å²) in [5.41, 5.74) is 2.37. The molecule has 1 atom stereocenters. The van der Waals surface area contributed by atoms with Crippen molar-refractivity contribution in [3.63, 3.8) is 0 Å². The zero-order valence-electron chi connectivity index (χ0n) is 19.6. The standard InChI is InChI=1S/C26H33ClN4O2S/c27-20-6-4-18(5-7-20)19-8-12-25(13-9-19)15-31(16-25)24-28-21-3-1-14-34(33)22(21)23(29-24)30-26(17-32)10-2-11-26/h4-7,19,32H,1-3,8-17H2,(H,28,29,30)/t34-/m1/s1. The van der Waals surface area contributed by atoms with Crippen molar-refractivity contribution >= 4 is 34.2 Å². The predicted octanol–water partition coefficient (Wildman–Crippen LogP) is 4.67. The van der Waals surface area contributed by atoms with Gasteiger partial charge in [-0.2, -0.15) is 4.98 Å². The maximum Gasteiger partial charge on any atom is 0.227 e. The normalized spacial score (nSPS) is 25.4. The molecular weight excluding hydrogens is 468 g/mol. The lowest BCUT2D eigenvalue weighted by Crippen LogP contribution is -2.58. The van der Waals surface area contributed by atoms with Gasteiger partial charge in [-0.1, -0.05) is 23.7 Å². The number of nitrogens with zero attached hydrogens (tertiary/aromatic N) is 3. The summed E-state index contributed by atoms with van der Waals surface area (Å²) in [6, 6.07) is 8.36. The maximum atomic E-state index is 12.9. The Morgan fingerprint density at radius 2 is 1.82 bits per heavy atom. The van der Waals surface area contributed by atoms with Crippen LogP contribution < -0.4 is 10.2 Å². The zero-order valence-corrected chi connectivity index (χ0v) is 21.1. The Morgan fingerprint density at radius 1 is 1.09 bits per heavy atom. The molecule has 1 spiro atoms. The molecule has 2 saturated carbocycles. The number of anilines is 2. The van der Waals surface area contributed by atoms with Crippen molar-refractivity contribution < 1.29 is 9.32 Å². The highest BCUT2D eigenvalue weighted by atomic mass is 35.5. The summed E-state index contributed by atoms with van der Waals surface area (Å²) >= 11 is 6.07. The summed E-state index contributed by atoms with van der Waals surface area (Å²) in [5, 5.41) is 14.3. The van der Waals surface area contributed by atoms with E-state index in [1.54, 1.807) is 0 Å². The van der Waals surface area contributed by atoms with E-state index in [2.05, 4.69) is 22.3 Å². The van der Waals surface area contributed by atoms with Gasteiger partial charge in [0.2, 0.25) is 5.95 Å². The molecule has 182 valence electrons. The molecule has 0 bridgehead atoms. The minimum atomic E-state index is -1.08. The van der Waals surface area contributed by atoms with Crippen molar-refractivity contribution in [2.75, 3.05) is 35.7 Å². The Balaban J connectivity index is 1.18.